The number of rotatable bonds is 5. The second kappa shape index (κ2) is 7.47. The maximum Gasteiger partial charge on any atom is 0.252 e. The summed E-state index contributed by atoms with van der Waals surface area (Å²) < 4.78 is 45.6. The van der Waals surface area contributed by atoms with Crippen LogP contribution in [0, 0.1) is 5.82 Å². The molecule has 0 atom stereocenters. The third kappa shape index (κ3) is 3.93. The van der Waals surface area contributed by atoms with E-state index in [1.54, 1.807) is 29.6 Å². The molecule has 1 fully saturated rings. The van der Waals surface area contributed by atoms with E-state index < -0.39 is 10.0 Å². The molecule has 10 heteroatoms. The van der Waals surface area contributed by atoms with Gasteiger partial charge in [0.05, 0.1) is 6.54 Å². The molecule has 0 radical (unpaired) electrons. The van der Waals surface area contributed by atoms with Crippen LogP contribution >= 0.6 is 11.3 Å². The van der Waals surface area contributed by atoms with Gasteiger partial charge >= 0.3 is 0 Å². The average molecular weight is 408 g/mol. The Hall–Kier alpha value is -2.14. The normalized spacial score (nSPS) is 16.6. The van der Waals surface area contributed by atoms with E-state index in [1.165, 1.54) is 27.8 Å². The fourth-order valence-corrected chi connectivity index (χ4v) is 5.45. The van der Waals surface area contributed by atoms with Crippen molar-refractivity contribution in [3.63, 3.8) is 0 Å². The molecule has 4 rings (SSSR count). The summed E-state index contributed by atoms with van der Waals surface area (Å²) in [6, 6.07) is 9.21. The molecule has 0 spiro atoms. The molecule has 27 heavy (non-hydrogen) atoms. The second-order valence-corrected chi connectivity index (χ2v) is 9.23. The van der Waals surface area contributed by atoms with E-state index in [4.69, 9.17) is 4.42 Å². The van der Waals surface area contributed by atoms with Crippen LogP contribution in [0.3, 0.4) is 0 Å². The van der Waals surface area contributed by atoms with Gasteiger partial charge in [0, 0.05) is 31.7 Å². The minimum atomic E-state index is -3.41. The van der Waals surface area contributed by atoms with Crippen LogP contribution in [0.4, 0.5) is 4.39 Å². The maximum atomic E-state index is 13.0. The van der Waals surface area contributed by atoms with E-state index in [0.717, 1.165) is 0 Å². The molecule has 7 nitrogen and oxygen atoms in total. The molecule has 0 amide bonds. The fourth-order valence-electron chi connectivity index (χ4n) is 2.88. The lowest BCUT2D eigenvalue weighted by molar-refractivity contribution is 0.169. The van der Waals surface area contributed by atoms with E-state index in [9.17, 15) is 12.8 Å². The van der Waals surface area contributed by atoms with Gasteiger partial charge in [0.2, 0.25) is 11.8 Å². The highest BCUT2D eigenvalue weighted by Crippen LogP contribution is 2.23. The first-order chi connectivity index (χ1) is 13.0. The predicted molar refractivity (Wildman–Crippen MR) is 98.0 cm³/mol. The first-order valence-corrected chi connectivity index (χ1v) is 10.7. The summed E-state index contributed by atoms with van der Waals surface area (Å²) >= 11 is 1.23. The van der Waals surface area contributed by atoms with Crippen LogP contribution in [0.1, 0.15) is 5.89 Å². The lowest BCUT2D eigenvalue weighted by atomic mass is 10.2. The highest BCUT2D eigenvalue weighted by Gasteiger charge is 2.29. The summed E-state index contributed by atoms with van der Waals surface area (Å²) in [6.45, 7) is 2.44. The fraction of sp³-hybridized carbons (Fsp3) is 0.294. The van der Waals surface area contributed by atoms with Gasteiger partial charge in [0.15, 0.2) is 0 Å². The Morgan fingerprint density at radius 3 is 2.48 bits per heavy atom. The SMILES string of the molecule is O=S(=O)(c1cccs1)N1CCN(Cc2nnc(-c3ccc(F)cc3)o2)CC1. The number of aromatic nitrogens is 2. The molecule has 0 aliphatic carbocycles. The smallest absolute Gasteiger partial charge is 0.252 e. The van der Waals surface area contributed by atoms with E-state index in [-0.39, 0.29) is 5.82 Å². The zero-order chi connectivity index (χ0) is 18.9. The summed E-state index contributed by atoms with van der Waals surface area (Å²) in [7, 11) is -3.41. The van der Waals surface area contributed by atoms with Gasteiger partial charge in [-0.2, -0.15) is 4.31 Å². The monoisotopic (exact) mass is 408 g/mol. The standard InChI is InChI=1S/C17H17FN4O3S2/c18-14-5-3-13(4-6-14)17-20-19-15(25-17)12-21-7-9-22(10-8-21)27(23,24)16-2-1-11-26-16/h1-6,11H,7-10,12H2. The third-order valence-electron chi connectivity index (χ3n) is 4.34. The van der Waals surface area contributed by atoms with Crippen molar-refractivity contribution in [3.8, 4) is 11.5 Å². The Kier molecular flexibility index (Phi) is 5.04. The van der Waals surface area contributed by atoms with Crippen LogP contribution in [0.15, 0.2) is 50.4 Å². The van der Waals surface area contributed by atoms with Crippen LogP contribution < -0.4 is 0 Å². The van der Waals surface area contributed by atoms with E-state index in [0.29, 0.717) is 54.3 Å². The number of benzene rings is 1. The number of halogens is 1. The molecule has 1 aliphatic heterocycles. The minimum absolute atomic E-state index is 0.325. The van der Waals surface area contributed by atoms with Crippen LogP contribution in [0.25, 0.3) is 11.5 Å². The summed E-state index contributed by atoms with van der Waals surface area (Å²) in [4.78, 5) is 2.07. The van der Waals surface area contributed by atoms with Crippen LogP contribution in [0.2, 0.25) is 0 Å². The number of hydrogen-bond donors (Lipinski definition) is 0. The zero-order valence-corrected chi connectivity index (χ0v) is 15.9. The average Bonchev–Trinajstić information content (AvgIpc) is 3.35. The zero-order valence-electron chi connectivity index (χ0n) is 14.3. The molecule has 0 saturated carbocycles. The maximum absolute atomic E-state index is 13.0. The van der Waals surface area contributed by atoms with Gasteiger partial charge in [0.25, 0.3) is 10.0 Å². The molecule has 1 aromatic carbocycles. The quantitative estimate of drug-likeness (QED) is 0.645. The van der Waals surface area contributed by atoms with Crippen molar-refractivity contribution in [3.05, 3.63) is 53.5 Å². The van der Waals surface area contributed by atoms with Crippen molar-refractivity contribution in [2.24, 2.45) is 0 Å². The van der Waals surface area contributed by atoms with E-state index >= 15 is 0 Å². The molecule has 0 bridgehead atoms. The summed E-state index contributed by atoms with van der Waals surface area (Å²) in [6.07, 6.45) is 0. The molecular weight excluding hydrogens is 391 g/mol. The number of thiophene rings is 1. The summed E-state index contributed by atoms with van der Waals surface area (Å²) in [5, 5.41) is 9.80. The minimum Gasteiger partial charge on any atom is -0.419 e. The van der Waals surface area contributed by atoms with Crippen molar-refractivity contribution in [2.75, 3.05) is 26.2 Å². The van der Waals surface area contributed by atoms with E-state index in [1.807, 2.05) is 0 Å². The Morgan fingerprint density at radius 1 is 1.07 bits per heavy atom. The molecule has 142 valence electrons. The van der Waals surface area contributed by atoms with E-state index in [2.05, 4.69) is 15.1 Å². The molecular formula is C17H17FN4O3S2. The molecule has 3 aromatic rings. The van der Waals surface area contributed by atoms with Crippen LogP contribution in [-0.2, 0) is 16.6 Å². The van der Waals surface area contributed by atoms with Crippen molar-refractivity contribution in [1.29, 1.82) is 0 Å². The number of nitrogens with zero attached hydrogens (tertiary/aromatic N) is 4. The highest BCUT2D eigenvalue weighted by atomic mass is 32.2. The lowest BCUT2D eigenvalue weighted by Crippen LogP contribution is -2.48. The molecule has 1 aliphatic rings. The topological polar surface area (TPSA) is 79.5 Å². The Bertz CT molecular complexity index is 995. The Morgan fingerprint density at radius 2 is 1.81 bits per heavy atom. The molecule has 1 saturated heterocycles. The van der Waals surface area contributed by atoms with Gasteiger partial charge in [-0.1, -0.05) is 6.07 Å². The third-order valence-corrected chi connectivity index (χ3v) is 7.61. The van der Waals surface area contributed by atoms with Crippen LogP contribution in [0.5, 0.6) is 0 Å². The van der Waals surface area contributed by atoms with Gasteiger partial charge in [-0.3, -0.25) is 4.90 Å². The van der Waals surface area contributed by atoms with Crippen molar-refractivity contribution in [1.82, 2.24) is 19.4 Å². The van der Waals surface area contributed by atoms with Crippen molar-refractivity contribution >= 4 is 21.4 Å². The first kappa shape index (κ1) is 18.2. The Balaban J connectivity index is 1.37. The molecule has 3 heterocycles. The van der Waals surface area contributed by atoms with Gasteiger partial charge in [-0.05, 0) is 35.7 Å². The van der Waals surface area contributed by atoms with Crippen molar-refractivity contribution in [2.45, 2.75) is 10.8 Å². The first-order valence-electron chi connectivity index (χ1n) is 8.37. The highest BCUT2D eigenvalue weighted by molar-refractivity contribution is 7.91. The Labute approximate surface area is 160 Å². The lowest BCUT2D eigenvalue weighted by Gasteiger charge is -2.32. The van der Waals surface area contributed by atoms with Gasteiger partial charge in [-0.15, -0.1) is 21.5 Å². The number of sulfonamides is 1. The van der Waals surface area contributed by atoms with Crippen molar-refractivity contribution < 1.29 is 17.2 Å². The number of hydrogen-bond acceptors (Lipinski definition) is 7. The van der Waals surface area contributed by atoms with Gasteiger partial charge < -0.3 is 4.42 Å². The largest absolute Gasteiger partial charge is 0.419 e. The molecule has 2 aromatic heterocycles. The molecule has 0 unspecified atom stereocenters. The van der Waals surface area contributed by atoms with Gasteiger partial charge in [-0.25, -0.2) is 12.8 Å². The number of piperazine rings is 1. The van der Waals surface area contributed by atoms with Crippen LogP contribution in [-0.4, -0.2) is 54.0 Å². The summed E-state index contributed by atoms with van der Waals surface area (Å²) in [5.74, 6) is 0.460. The predicted octanol–water partition coefficient (Wildman–Crippen LogP) is 2.44. The van der Waals surface area contributed by atoms with Gasteiger partial charge in [0.1, 0.15) is 10.0 Å². The molecule has 0 N–H and O–H groups in total. The second-order valence-electron chi connectivity index (χ2n) is 6.12. The summed E-state index contributed by atoms with van der Waals surface area (Å²) in [5.41, 5.74) is 0.655.